The molecule has 1 unspecified atom stereocenters. The highest BCUT2D eigenvalue weighted by atomic mass is 32.1. The maximum absolute atomic E-state index is 11.9. The second kappa shape index (κ2) is 6.19. The quantitative estimate of drug-likeness (QED) is 0.898. The Morgan fingerprint density at radius 3 is 2.72 bits per heavy atom. The normalized spacial score (nSPS) is 13.4. The number of hydrogen-bond acceptors (Lipinski definition) is 3. The molecule has 0 saturated heterocycles. The van der Waals surface area contributed by atoms with Gasteiger partial charge < -0.3 is 10.2 Å². The topological polar surface area (TPSA) is 32.3 Å². The molecule has 0 saturated carbocycles. The van der Waals surface area contributed by atoms with Gasteiger partial charge in [-0.3, -0.25) is 4.79 Å². The summed E-state index contributed by atoms with van der Waals surface area (Å²) in [5.41, 5.74) is 0. The third kappa shape index (κ3) is 4.66. The molecule has 1 amide bonds. The van der Waals surface area contributed by atoms with Crippen molar-refractivity contribution >= 4 is 17.2 Å². The Kier molecular flexibility index (Phi) is 5.15. The molecule has 3 nitrogen and oxygen atoms in total. The van der Waals surface area contributed by atoms with Crippen LogP contribution in [-0.2, 0) is 4.79 Å². The van der Waals surface area contributed by atoms with Crippen molar-refractivity contribution in [1.29, 1.82) is 0 Å². The number of carbonyl (C=O) groups is 1. The van der Waals surface area contributed by atoms with Crippen LogP contribution >= 0.6 is 11.3 Å². The lowest BCUT2D eigenvalue weighted by atomic mass is 10.2. The molecule has 0 spiro atoms. The van der Waals surface area contributed by atoms with E-state index in [1.165, 1.54) is 16.2 Å². The van der Waals surface area contributed by atoms with Crippen LogP contribution < -0.4 is 5.32 Å². The highest BCUT2D eigenvalue weighted by Crippen LogP contribution is 2.23. The predicted molar refractivity (Wildman–Crippen MR) is 64.4 cm³/mol. The van der Waals surface area contributed by atoms with E-state index in [9.17, 15) is 18.0 Å². The molecule has 1 aromatic rings. The zero-order valence-corrected chi connectivity index (χ0v) is 10.9. The van der Waals surface area contributed by atoms with Gasteiger partial charge in [-0.25, -0.2) is 0 Å². The minimum absolute atomic E-state index is 0.134. The van der Waals surface area contributed by atoms with Gasteiger partial charge in [0.05, 0.1) is 19.1 Å². The van der Waals surface area contributed by atoms with Crippen LogP contribution in [0.3, 0.4) is 0 Å². The van der Waals surface area contributed by atoms with E-state index in [0.29, 0.717) is 0 Å². The van der Waals surface area contributed by atoms with E-state index in [1.807, 2.05) is 24.4 Å². The molecule has 1 N–H and O–H groups in total. The second-order valence-corrected chi connectivity index (χ2v) is 4.89. The number of carbonyl (C=O) groups excluding carboxylic acids is 1. The van der Waals surface area contributed by atoms with E-state index in [4.69, 9.17) is 0 Å². The Bertz CT molecular complexity index is 378. The van der Waals surface area contributed by atoms with Gasteiger partial charge in [-0.2, -0.15) is 13.2 Å². The van der Waals surface area contributed by atoms with Crippen LogP contribution in [0.25, 0.3) is 0 Å². The summed E-state index contributed by atoms with van der Waals surface area (Å²) in [6.07, 6.45) is -4.29. The maximum atomic E-state index is 11.9. The van der Waals surface area contributed by atoms with Gasteiger partial charge in [0.15, 0.2) is 0 Å². The first-order chi connectivity index (χ1) is 8.31. The molecule has 18 heavy (non-hydrogen) atoms. The van der Waals surface area contributed by atoms with Gasteiger partial charge in [0, 0.05) is 11.9 Å². The molecule has 1 rings (SSSR count). The fraction of sp³-hybridized carbons (Fsp3) is 0.545. The van der Waals surface area contributed by atoms with E-state index in [-0.39, 0.29) is 18.5 Å². The molecule has 7 heteroatoms. The van der Waals surface area contributed by atoms with Crippen molar-refractivity contribution in [2.45, 2.75) is 19.1 Å². The van der Waals surface area contributed by atoms with Crippen molar-refractivity contribution in [1.82, 2.24) is 10.2 Å². The Hall–Kier alpha value is -1.08. The number of nitrogens with one attached hydrogen (secondary N) is 1. The first-order valence-electron chi connectivity index (χ1n) is 5.38. The highest BCUT2D eigenvalue weighted by Gasteiger charge is 2.27. The van der Waals surface area contributed by atoms with Gasteiger partial charge >= 0.3 is 6.18 Å². The van der Waals surface area contributed by atoms with Gasteiger partial charge in [0.25, 0.3) is 0 Å². The lowest BCUT2D eigenvalue weighted by Gasteiger charge is -2.24. The average molecular weight is 280 g/mol. The van der Waals surface area contributed by atoms with Crippen LogP contribution in [0, 0.1) is 0 Å². The molecule has 0 aliphatic rings. The number of thiophene rings is 1. The number of nitrogens with zero attached hydrogens (tertiary/aromatic N) is 1. The molecule has 0 aliphatic heterocycles. The summed E-state index contributed by atoms with van der Waals surface area (Å²) in [5.74, 6) is -0.361. The SMILES string of the molecule is CC(c1cccs1)N(C)C(=O)CNCC(F)(F)F. The van der Waals surface area contributed by atoms with Crippen molar-refractivity contribution < 1.29 is 18.0 Å². The summed E-state index contributed by atoms with van der Waals surface area (Å²) < 4.78 is 35.7. The number of alkyl halides is 3. The fourth-order valence-electron chi connectivity index (χ4n) is 1.37. The molecule has 1 atom stereocenters. The number of hydrogen-bond donors (Lipinski definition) is 1. The van der Waals surface area contributed by atoms with Crippen LogP contribution in [0.1, 0.15) is 17.8 Å². The van der Waals surface area contributed by atoms with Crippen LogP contribution in [0.15, 0.2) is 17.5 Å². The summed E-state index contributed by atoms with van der Waals surface area (Å²) in [6, 6.07) is 3.63. The number of halogens is 3. The molecule has 102 valence electrons. The Balaban J connectivity index is 2.42. The Morgan fingerprint density at radius 2 is 2.22 bits per heavy atom. The molecular formula is C11H15F3N2OS. The summed E-state index contributed by atoms with van der Waals surface area (Å²) in [6.45, 7) is 0.374. The first kappa shape index (κ1) is 15.0. The molecule has 0 aliphatic carbocycles. The monoisotopic (exact) mass is 280 g/mol. The first-order valence-corrected chi connectivity index (χ1v) is 6.26. The molecule has 0 fully saturated rings. The maximum Gasteiger partial charge on any atom is 0.401 e. The molecule has 0 aromatic carbocycles. The lowest BCUT2D eigenvalue weighted by molar-refractivity contribution is -0.134. The van der Waals surface area contributed by atoms with E-state index in [2.05, 4.69) is 5.32 Å². The third-order valence-electron chi connectivity index (χ3n) is 2.53. The van der Waals surface area contributed by atoms with E-state index in [1.54, 1.807) is 7.05 Å². The van der Waals surface area contributed by atoms with Crippen molar-refractivity contribution in [3.63, 3.8) is 0 Å². The standard InChI is InChI=1S/C11H15F3N2OS/c1-8(9-4-3-5-18-9)16(2)10(17)6-15-7-11(12,13)14/h3-5,8,15H,6-7H2,1-2H3. The molecular weight excluding hydrogens is 265 g/mol. The molecule has 0 radical (unpaired) electrons. The lowest BCUT2D eigenvalue weighted by Crippen LogP contribution is -2.40. The van der Waals surface area contributed by atoms with Crippen molar-refractivity contribution in [2.75, 3.05) is 20.1 Å². The van der Waals surface area contributed by atoms with Gasteiger partial charge in [-0.05, 0) is 18.4 Å². The summed E-state index contributed by atoms with van der Waals surface area (Å²) in [7, 11) is 1.59. The van der Waals surface area contributed by atoms with Crippen LogP contribution in [0.2, 0.25) is 0 Å². The largest absolute Gasteiger partial charge is 0.401 e. The van der Waals surface area contributed by atoms with Crippen molar-refractivity contribution in [2.24, 2.45) is 0 Å². The Labute approximate surface area is 108 Å². The Morgan fingerprint density at radius 1 is 1.56 bits per heavy atom. The zero-order chi connectivity index (χ0) is 13.8. The van der Waals surface area contributed by atoms with Crippen LogP contribution in [-0.4, -0.2) is 37.1 Å². The van der Waals surface area contributed by atoms with Gasteiger partial charge in [-0.15, -0.1) is 11.3 Å². The molecule has 0 bridgehead atoms. The van der Waals surface area contributed by atoms with Gasteiger partial charge in [-0.1, -0.05) is 6.07 Å². The zero-order valence-electron chi connectivity index (χ0n) is 10.1. The van der Waals surface area contributed by atoms with Gasteiger partial charge in [0.1, 0.15) is 0 Å². The van der Waals surface area contributed by atoms with E-state index >= 15 is 0 Å². The molecule has 1 aromatic heterocycles. The summed E-state index contributed by atoms with van der Waals surface area (Å²) in [5, 5.41) is 3.99. The highest BCUT2D eigenvalue weighted by molar-refractivity contribution is 7.10. The summed E-state index contributed by atoms with van der Waals surface area (Å²) >= 11 is 1.51. The van der Waals surface area contributed by atoms with Crippen molar-refractivity contribution in [3.8, 4) is 0 Å². The van der Waals surface area contributed by atoms with E-state index < -0.39 is 12.7 Å². The fourth-order valence-corrected chi connectivity index (χ4v) is 2.20. The summed E-state index contributed by atoms with van der Waals surface area (Å²) in [4.78, 5) is 14.1. The number of rotatable bonds is 5. The second-order valence-electron chi connectivity index (χ2n) is 3.91. The minimum atomic E-state index is -4.29. The predicted octanol–water partition coefficient (Wildman–Crippen LogP) is 2.42. The van der Waals surface area contributed by atoms with E-state index in [0.717, 1.165) is 4.88 Å². The average Bonchev–Trinajstić information content (AvgIpc) is 2.78. The van der Waals surface area contributed by atoms with Crippen molar-refractivity contribution in [3.05, 3.63) is 22.4 Å². The smallest absolute Gasteiger partial charge is 0.337 e. The van der Waals surface area contributed by atoms with Crippen LogP contribution in [0.5, 0.6) is 0 Å². The molecule has 1 heterocycles. The third-order valence-corrected chi connectivity index (χ3v) is 3.57. The minimum Gasteiger partial charge on any atom is -0.337 e. The van der Waals surface area contributed by atoms with Crippen LogP contribution in [0.4, 0.5) is 13.2 Å². The number of amides is 1. The number of likely N-dealkylation sites (N-methyl/N-ethyl adjacent to an activating group) is 1. The van der Waals surface area contributed by atoms with Gasteiger partial charge in [0.2, 0.25) is 5.91 Å².